The summed E-state index contributed by atoms with van der Waals surface area (Å²) in [6.45, 7) is 7.95. The van der Waals surface area contributed by atoms with Crippen LogP contribution in [0.25, 0.3) is 0 Å². The highest BCUT2D eigenvalue weighted by atomic mass is 16.5. The molecule has 10 nitrogen and oxygen atoms in total. The van der Waals surface area contributed by atoms with Crippen molar-refractivity contribution in [2.45, 2.75) is 85.0 Å². The lowest BCUT2D eigenvalue weighted by atomic mass is 9.98. The number of tetrazole rings is 1. The minimum absolute atomic E-state index is 0.0489. The molecule has 0 aliphatic heterocycles. The molecule has 0 bridgehead atoms. The van der Waals surface area contributed by atoms with E-state index < -0.39 is 24.1 Å². The highest BCUT2D eigenvalue weighted by molar-refractivity contribution is 5.92. The van der Waals surface area contributed by atoms with Gasteiger partial charge in [-0.15, -0.1) is 5.10 Å². The van der Waals surface area contributed by atoms with Crippen molar-refractivity contribution in [2.75, 3.05) is 0 Å². The zero-order valence-corrected chi connectivity index (χ0v) is 24.5. The van der Waals surface area contributed by atoms with E-state index in [2.05, 4.69) is 38.3 Å². The van der Waals surface area contributed by atoms with Gasteiger partial charge in [0, 0.05) is 6.42 Å². The van der Waals surface area contributed by atoms with Crippen LogP contribution in [0, 0.1) is 11.8 Å². The van der Waals surface area contributed by atoms with Crippen molar-refractivity contribution in [1.82, 2.24) is 30.8 Å². The molecule has 0 saturated carbocycles. The Morgan fingerprint density at radius 1 is 0.805 bits per heavy atom. The van der Waals surface area contributed by atoms with Gasteiger partial charge in [-0.2, -0.15) is 0 Å². The van der Waals surface area contributed by atoms with Gasteiger partial charge in [-0.3, -0.25) is 9.59 Å². The van der Waals surface area contributed by atoms with Gasteiger partial charge in [-0.25, -0.2) is 9.48 Å². The molecule has 220 valence electrons. The number of rotatable bonds is 16. The van der Waals surface area contributed by atoms with Crippen LogP contribution < -0.4 is 10.6 Å². The minimum atomic E-state index is -0.845. The van der Waals surface area contributed by atoms with E-state index in [0.29, 0.717) is 25.1 Å². The first-order valence-corrected chi connectivity index (χ1v) is 14.3. The normalized spacial score (nSPS) is 12.6. The molecule has 0 saturated heterocycles. The standard InChI is InChI=1S/C31H42N6O4/c1-22(2)18-26(28(38)20-37-29(34-35-36-37)17-11-16-24-12-7-5-8-13-24)32-30(39)27(19-23(3)4)33-31(40)41-21-25-14-9-6-10-15-25/h5-10,12-15,22-23,26-27H,11,16-21H2,1-4H3,(H,32,39)(H,33,40)/t26-,27-/m0/s1. The number of aryl methyl sites for hydroxylation is 2. The van der Waals surface area contributed by atoms with E-state index in [-0.39, 0.29) is 30.8 Å². The monoisotopic (exact) mass is 562 g/mol. The molecule has 0 spiro atoms. The third kappa shape index (κ3) is 11.1. The van der Waals surface area contributed by atoms with Gasteiger partial charge in [0.05, 0.1) is 6.04 Å². The van der Waals surface area contributed by atoms with Gasteiger partial charge in [-0.05, 0) is 59.1 Å². The lowest BCUT2D eigenvalue weighted by molar-refractivity contribution is -0.130. The maximum Gasteiger partial charge on any atom is 0.408 e. The number of hydrogen-bond donors (Lipinski definition) is 2. The SMILES string of the molecule is CC(C)C[C@H](NC(=O)[C@H](CC(C)C)NC(=O)OCc1ccccc1)C(=O)Cn1nnnc1CCCc1ccccc1. The van der Waals surface area contributed by atoms with Crippen LogP contribution in [0.3, 0.4) is 0 Å². The van der Waals surface area contributed by atoms with E-state index in [4.69, 9.17) is 4.74 Å². The summed E-state index contributed by atoms with van der Waals surface area (Å²) in [6.07, 6.45) is 2.51. The summed E-state index contributed by atoms with van der Waals surface area (Å²) in [5.74, 6) is 0.284. The van der Waals surface area contributed by atoms with Crippen LogP contribution in [0.15, 0.2) is 60.7 Å². The van der Waals surface area contributed by atoms with Crippen molar-refractivity contribution in [1.29, 1.82) is 0 Å². The predicted octanol–water partition coefficient (Wildman–Crippen LogP) is 4.29. The van der Waals surface area contributed by atoms with E-state index >= 15 is 0 Å². The smallest absolute Gasteiger partial charge is 0.408 e. The van der Waals surface area contributed by atoms with E-state index in [9.17, 15) is 14.4 Å². The van der Waals surface area contributed by atoms with Crippen LogP contribution in [-0.4, -0.2) is 50.1 Å². The van der Waals surface area contributed by atoms with Crippen molar-refractivity contribution in [2.24, 2.45) is 11.8 Å². The molecule has 0 aliphatic carbocycles. The Bertz CT molecular complexity index is 1230. The van der Waals surface area contributed by atoms with Crippen LogP contribution in [0.1, 0.15) is 63.9 Å². The molecule has 0 radical (unpaired) electrons. The highest BCUT2D eigenvalue weighted by Gasteiger charge is 2.29. The minimum Gasteiger partial charge on any atom is -0.445 e. The average Bonchev–Trinajstić information content (AvgIpc) is 3.38. The molecule has 2 N–H and O–H groups in total. The van der Waals surface area contributed by atoms with Crippen LogP contribution >= 0.6 is 0 Å². The Hall–Kier alpha value is -4.08. The lowest BCUT2D eigenvalue weighted by Crippen LogP contribution is -2.52. The summed E-state index contributed by atoms with van der Waals surface area (Å²) >= 11 is 0. The second-order valence-corrected chi connectivity index (χ2v) is 11.1. The first-order valence-electron chi connectivity index (χ1n) is 14.3. The van der Waals surface area contributed by atoms with E-state index in [1.165, 1.54) is 10.2 Å². The number of carbonyl (C=O) groups excluding carboxylic acids is 3. The van der Waals surface area contributed by atoms with Crippen LogP contribution in [0.2, 0.25) is 0 Å². The number of nitrogens with zero attached hydrogens (tertiary/aromatic N) is 4. The quantitative estimate of drug-likeness (QED) is 0.267. The molecular formula is C31H42N6O4. The topological polar surface area (TPSA) is 128 Å². The molecular weight excluding hydrogens is 520 g/mol. The van der Waals surface area contributed by atoms with Gasteiger partial charge >= 0.3 is 6.09 Å². The van der Waals surface area contributed by atoms with Crippen LogP contribution in [0.5, 0.6) is 0 Å². The zero-order valence-electron chi connectivity index (χ0n) is 24.5. The van der Waals surface area contributed by atoms with Gasteiger partial charge in [0.25, 0.3) is 0 Å². The molecule has 2 amide bonds. The summed E-state index contributed by atoms with van der Waals surface area (Å²) < 4.78 is 6.84. The summed E-state index contributed by atoms with van der Waals surface area (Å²) in [6, 6.07) is 17.9. The summed E-state index contributed by atoms with van der Waals surface area (Å²) in [5.41, 5.74) is 2.08. The molecule has 2 atom stereocenters. The Morgan fingerprint density at radius 2 is 1.41 bits per heavy atom. The second kappa shape index (κ2) is 16.2. The molecule has 0 aliphatic rings. The summed E-state index contributed by atoms with van der Waals surface area (Å²) in [5, 5.41) is 17.5. The fraction of sp³-hybridized carbons (Fsp3) is 0.484. The maximum atomic E-state index is 13.4. The number of aromatic nitrogens is 4. The first kappa shape index (κ1) is 31.4. The maximum absolute atomic E-state index is 13.4. The molecule has 2 aromatic carbocycles. The van der Waals surface area contributed by atoms with Crippen molar-refractivity contribution >= 4 is 17.8 Å². The number of ketones is 1. The van der Waals surface area contributed by atoms with Crippen LogP contribution in [-0.2, 0) is 40.3 Å². The number of hydrogen-bond acceptors (Lipinski definition) is 7. The molecule has 3 rings (SSSR count). The van der Waals surface area contributed by atoms with Crippen molar-refractivity contribution in [3.8, 4) is 0 Å². The first-order chi connectivity index (χ1) is 19.7. The van der Waals surface area contributed by atoms with E-state index in [1.807, 2.05) is 76.2 Å². The second-order valence-electron chi connectivity index (χ2n) is 11.1. The fourth-order valence-electron chi connectivity index (χ4n) is 4.50. The summed E-state index contributed by atoms with van der Waals surface area (Å²) in [7, 11) is 0. The van der Waals surface area contributed by atoms with Gasteiger partial charge < -0.3 is 15.4 Å². The third-order valence-electron chi connectivity index (χ3n) is 6.56. The number of ether oxygens (including phenoxy) is 1. The Balaban J connectivity index is 1.60. The fourth-order valence-corrected chi connectivity index (χ4v) is 4.50. The Kier molecular flexibility index (Phi) is 12.5. The van der Waals surface area contributed by atoms with Crippen molar-refractivity contribution in [3.63, 3.8) is 0 Å². The highest BCUT2D eigenvalue weighted by Crippen LogP contribution is 2.12. The third-order valence-corrected chi connectivity index (χ3v) is 6.56. The van der Waals surface area contributed by atoms with E-state index in [1.54, 1.807) is 0 Å². The van der Waals surface area contributed by atoms with E-state index in [0.717, 1.165) is 18.4 Å². The molecule has 1 heterocycles. The van der Waals surface area contributed by atoms with Gasteiger partial charge in [0.1, 0.15) is 19.2 Å². The summed E-state index contributed by atoms with van der Waals surface area (Å²) in [4.78, 5) is 39.3. The molecule has 10 heteroatoms. The number of amides is 2. The molecule has 41 heavy (non-hydrogen) atoms. The average molecular weight is 563 g/mol. The number of Topliss-reactive ketones (excluding diaryl/α,β-unsaturated/α-hetero) is 1. The van der Waals surface area contributed by atoms with Crippen molar-refractivity contribution in [3.05, 3.63) is 77.6 Å². The molecule has 0 unspecified atom stereocenters. The Morgan fingerprint density at radius 3 is 2.05 bits per heavy atom. The van der Waals surface area contributed by atoms with Crippen molar-refractivity contribution < 1.29 is 19.1 Å². The number of carbonyl (C=O) groups is 3. The van der Waals surface area contributed by atoms with Gasteiger partial charge in [0.2, 0.25) is 5.91 Å². The van der Waals surface area contributed by atoms with Gasteiger partial charge in [-0.1, -0.05) is 88.4 Å². The predicted molar refractivity (Wildman–Crippen MR) is 156 cm³/mol. The number of alkyl carbamates (subject to hydrolysis) is 1. The Labute approximate surface area is 242 Å². The number of nitrogens with one attached hydrogen (secondary N) is 2. The molecule has 3 aromatic rings. The molecule has 0 fully saturated rings. The largest absolute Gasteiger partial charge is 0.445 e. The lowest BCUT2D eigenvalue weighted by Gasteiger charge is -2.25. The molecule has 1 aromatic heterocycles. The van der Waals surface area contributed by atoms with Crippen LogP contribution in [0.4, 0.5) is 4.79 Å². The number of benzene rings is 2. The zero-order chi connectivity index (χ0) is 29.6. The van der Waals surface area contributed by atoms with Gasteiger partial charge in [0.15, 0.2) is 11.6 Å².